The lowest BCUT2D eigenvalue weighted by atomic mass is 9.72. The Bertz CT molecular complexity index is 828. The van der Waals surface area contributed by atoms with Crippen LogP contribution >= 0.6 is 0 Å². The van der Waals surface area contributed by atoms with E-state index in [-0.39, 0.29) is 55.1 Å². The molecule has 10 N–H and O–H groups in total. The van der Waals surface area contributed by atoms with Crippen molar-refractivity contribution in [3.63, 3.8) is 0 Å². The Morgan fingerprint density at radius 3 is 2.33 bits per heavy atom. The van der Waals surface area contributed by atoms with E-state index < -0.39 is 18.3 Å². The molecule has 4 fully saturated rings. The normalized spacial score (nSPS) is 42.0. The second-order valence-electron chi connectivity index (χ2n) is 14.7. The lowest BCUT2D eigenvalue weighted by Crippen LogP contribution is -2.94. The first-order valence-corrected chi connectivity index (χ1v) is 18.2. The van der Waals surface area contributed by atoms with Gasteiger partial charge in [0.25, 0.3) is 0 Å². The molecule has 2 saturated carbocycles. The van der Waals surface area contributed by atoms with E-state index in [1.807, 2.05) is 0 Å². The van der Waals surface area contributed by atoms with Crippen LogP contribution in [-0.4, -0.2) is 122 Å². The first-order valence-electron chi connectivity index (χ1n) is 18.2. The number of ether oxygens (including phenoxy) is 4. The van der Waals surface area contributed by atoms with Gasteiger partial charge in [-0.15, -0.1) is 0 Å². The molecule has 0 bridgehead atoms. The van der Waals surface area contributed by atoms with Crippen LogP contribution in [-0.2, 0) is 18.9 Å². The number of methoxy groups -OCH3 is 2. The Morgan fingerprint density at radius 1 is 0.867 bits per heavy atom. The van der Waals surface area contributed by atoms with Crippen molar-refractivity contribution in [2.75, 3.05) is 40.5 Å². The summed E-state index contributed by atoms with van der Waals surface area (Å²) in [4.78, 5) is 0. The van der Waals surface area contributed by atoms with E-state index >= 15 is 0 Å². The highest BCUT2D eigenvalue weighted by atomic mass is 16.5. The van der Waals surface area contributed by atoms with Crippen molar-refractivity contribution in [3.8, 4) is 0 Å². The molecule has 45 heavy (non-hydrogen) atoms. The molecule has 0 aromatic heterocycles. The van der Waals surface area contributed by atoms with E-state index in [0.717, 1.165) is 64.5 Å². The molecule has 11 heteroatoms. The molecule has 14 atom stereocenters. The Balaban J connectivity index is 1.37. The highest BCUT2D eigenvalue weighted by molar-refractivity contribution is 4.97. The third-order valence-corrected chi connectivity index (χ3v) is 11.6. The molecule has 9 unspecified atom stereocenters. The number of likely N-dealkylation sites (N-methyl/N-ethyl adjacent to an activating group) is 1. The van der Waals surface area contributed by atoms with E-state index in [9.17, 15) is 20.4 Å². The SMILES string of the molecule is CC[NH2+][C@H](CCC1CC[NH2+]C(N)C1)COC1CC([C@@H]2O[C@@H](CCC3CCC(O)C(OC)C3)C[C@H](O)[C@H]2CCO)CC(OC)C1O. The lowest BCUT2D eigenvalue weighted by molar-refractivity contribution is -0.700. The van der Waals surface area contributed by atoms with E-state index in [1.165, 1.54) is 6.42 Å². The molecular weight excluding hydrogens is 578 g/mol. The average molecular weight is 646 g/mol. The van der Waals surface area contributed by atoms with Gasteiger partial charge in [-0.1, -0.05) is 0 Å². The smallest absolute Gasteiger partial charge is 0.137 e. The predicted octanol–water partition coefficient (Wildman–Crippen LogP) is -0.379. The maximum atomic E-state index is 11.3. The quantitative estimate of drug-likeness (QED) is 0.118. The molecule has 2 aliphatic carbocycles. The molecule has 0 aromatic carbocycles. The van der Waals surface area contributed by atoms with Crippen LogP contribution in [0.1, 0.15) is 90.4 Å². The Labute approximate surface area is 271 Å². The summed E-state index contributed by atoms with van der Waals surface area (Å²) < 4.78 is 24.7. The van der Waals surface area contributed by atoms with Crippen LogP contribution in [0, 0.1) is 23.7 Å². The van der Waals surface area contributed by atoms with Crippen LogP contribution in [0.4, 0.5) is 0 Å². The van der Waals surface area contributed by atoms with Crippen molar-refractivity contribution in [1.29, 1.82) is 0 Å². The first kappa shape index (κ1) is 37.4. The number of aliphatic hydroxyl groups is 4. The Hall–Kier alpha value is -0.440. The van der Waals surface area contributed by atoms with Gasteiger partial charge in [0.2, 0.25) is 0 Å². The molecule has 4 aliphatic rings. The maximum absolute atomic E-state index is 11.3. The Morgan fingerprint density at radius 2 is 1.62 bits per heavy atom. The minimum atomic E-state index is -0.726. The number of rotatable bonds is 16. The van der Waals surface area contributed by atoms with Crippen molar-refractivity contribution >= 4 is 0 Å². The van der Waals surface area contributed by atoms with Gasteiger partial charge in [-0.05, 0) is 95.3 Å². The van der Waals surface area contributed by atoms with Crippen molar-refractivity contribution in [2.24, 2.45) is 29.4 Å². The molecule has 4 rings (SSSR count). The Kier molecular flexibility index (Phi) is 15.7. The molecule has 0 radical (unpaired) electrons. The number of aliphatic hydroxyl groups excluding tert-OH is 4. The van der Waals surface area contributed by atoms with E-state index in [0.29, 0.717) is 50.2 Å². The molecule has 0 spiro atoms. The molecule has 264 valence electrons. The van der Waals surface area contributed by atoms with Crippen LogP contribution in [0.25, 0.3) is 0 Å². The van der Waals surface area contributed by atoms with E-state index in [1.54, 1.807) is 14.2 Å². The summed E-state index contributed by atoms with van der Waals surface area (Å²) in [6, 6.07) is 0.323. The van der Waals surface area contributed by atoms with Gasteiger partial charge in [0.15, 0.2) is 0 Å². The lowest BCUT2D eigenvalue weighted by Gasteiger charge is -2.48. The molecule has 2 heterocycles. The second-order valence-corrected chi connectivity index (χ2v) is 14.7. The summed E-state index contributed by atoms with van der Waals surface area (Å²) in [7, 11) is 3.31. The van der Waals surface area contributed by atoms with Gasteiger partial charge in [-0.25, -0.2) is 0 Å². The summed E-state index contributed by atoms with van der Waals surface area (Å²) in [5.74, 6) is 0.994. The minimum absolute atomic E-state index is 0.00347. The van der Waals surface area contributed by atoms with Crippen molar-refractivity contribution in [1.82, 2.24) is 0 Å². The van der Waals surface area contributed by atoms with Gasteiger partial charge in [0.1, 0.15) is 18.3 Å². The summed E-state index contributed by atoms with van der Waals surface area (Å²) in [6.07, 6.45) is 8.55. The van der Waals surface area contributed by atoms with Crippen molar-refractivity contribution < 1.29 is 50.0 Å². The fraction of sp³-hybridized carbons (Fsp3) is 1.00. The van der Waals surface area contributed by atoms with Gasteiger partial charge in [-0.3, -0.25) is 5.73 Å². The summed E-state index contributed by atoms with van der Waals surface area (Å²) in [5, 5.41) is 47.3. The third kappa shape index (κ3) is 10.8. The van der Waals surface area contributed by atoms with Crippen LogP contribution in [0.15, 0.2) is 0 Å². The molecule has 2 saturated heterocycles. The highest BCUT2D eigenvalue weighted by Gasteiger charge is 2.47. The monoisotopic (exact) mass is 645 g/mol. The van der Waals surface area contributed by atoms with E-state index in [4.69, 9.17) is 24.7 Å². The minimum Gasteiger partial charge on any atom is -0.396 e. The number of piperidine rings is 1. The predicted molar refractivity (Wildman–Crippen MR) is 170 cm³/mol. The molecule has 11 nitrogen and oxygen atoms in total. The number of hydrogen-bond donors (Lipinski definition) is 7. The van der Waals surface area contributed by atoms with Gasteiger partial charge in [0, 0.05) is 39.6 Å². The third-order valence-electron chi connectivity index (χ3n) is 11.6. The van der Waals surface area contributed by atoms with Crippen LogP contribution in [0.3, 0.4) is 0 Å². The average Bonchev–Trinajstić information content (AvgIpc) is 3.03. The number of nitrogens with two attached hydrogens (primary N) is 3. The summed E-state index contributed by atoms with van der Waals surface area (Å²) >= 11 is 0. The largest absolute Gasteiger partial charge is 0.396 e. The van der Waals surface area contributed by atoms with Gasteiger partial charge < -0.3 is 50.0 Å². The van der Waals surface area contributed by atoms with Gasteiger partial charge >= 0.3 is 0 Å². The molecular formula is C34H67N3O8+2. The molecule has 0 aromatic rings. The van der Waals surface area contributed by atoms with Crippen LogP contribution < -0.4 is 16.4 Å². The highest BCUT2D eigenvalue weighted by Crippen LogP contribution is 2.42. The maximum Gasteiger partial charge on any atom is 0.137 e. The zero-order valence-corrected chi connectivity index (χ0v) is 28.3. The number of quaternary nitrogens is 2. The van der Waals surface area contributed by atoms with Gasteiger partial charge in [-0.2, -0.15) is 0 Å². The topological polar surface area (TPSA) is 177 Å². The number of hydrogen-bond acceptors (Lipinski definition) is 9. The molecule has 2 aliphatic heterocycles. The fourth-order valence-corrected chi connectivity index (χ4v) is 8.92. The van der Waals surface area contributed by atoms with Crippen molar-refractivity contribution in [3.05, 3.63) is 0 Å². The summed E-state index contributed by atoms with van der Waals surface area (Å²) in [6.45, 7) is 4.82. The van der Waals surface area contributed by atoms with E-state index in [2.05, 4.69) is 17.6 Å². The zero-order valence-electron chi connectivity index (χ0n) is 28.3. The van der Waals surface area contributed by atoms with Gasteiger partial charge in [0.05, 0.1) is 62.4 Å². The summed E-state index contributed by atoms with van der Waals surface area (Å²) in [5.41, 5.74) is 6.19. The zero-order chi connectivity index (χ0) is 32.3. The fourth-order valence-electron chi connectivity index (χ4n) is 8.92. The second kappa shape index (κ2) is 18.9. The van der Waals surface area contributed by atoms with Crippen LogP contribution in [0.5, 0.6) is 0 Å². The standard InChI is InChI=1S/C34H65N3O8/c1-4-36-24(8-5-22-11-13-37-32(35)16-22)20-44-31-18-23(17-30(43-3)33(31)41)34-26(12-14-38)28(40)19-25(45-34)9-6-21-7-10-27(39)29(15-21)42-2/h21-34,36-41H,4-20,35H2,1-3H3/p+2/t21?,22?,23?,24-,25+,26-,27?,28+,29?,30?,31?,32?,33?,34+/m1/s1. The van der Waals surface area contributed by atoms with Crippen molar-refractivity contribution in [2.45, 2.75) is 151 Å². The first-order chi connectivity index (χ1) is 21.8. The molecule has 0 amide bonds. The van der Waals surface area contributed by atoms with Crippen LogP contribution in [0.2, 0.25) is 0 Å².